The van der Waals surface area contributed by atoms with Gasteiger partial charge in [-0.2, -0.15) is 5.10 Å². The zero-order chi connectivity index (χ0) is 13.1. The molecular formula is C14H19N3O. The van der Waals surface area contributed by atoms with Gasteiger partial charge in [0.1, 0.15) is 0 Å². The smallest absolute Gasteiger partial charge is 0.0860 e. The first-order valence-corrected chi connectivity index (χ1v) is 6.21. The van der Waals surface area contributed by atoms with Gasteiger partial charge in [-0.15, -0.1) is 0 Å². The van der Waals surface area contributed by atoms with Gasteiger partial charge in [0.05, 0.1) is 11.8 Å². The standard InChI is InChI=1S/C14H19N3O/c1-4-12-6-13(17(3)16-12)7-14(18)11-5-10(2)8-15-9-11/h5-6,8-9,14,18H,4,7H2,1-3H3. The van der Waals surface area contributed by atoms with Crippen LogP contribution in [0.2, 0.25) is 0 Å². The fraction of sp³-hybridized carbons (Fsp3) is 0.429. The lowest BCUT2D eigenvalue weighted by Gasteiger charge is -2.11. The van der Waals surface area contributed by atoms with Crippen LogP contribution in [0.4, 0.5) is 0 Å². The Morgan fingerprint density at radius 3 is 2.72 bits per heavy atom. The summed E-state index contributed by atoms with van der Waals surface area (Å²) >= 11 is 0. The number of aromatic nitrogens is 3. The molecule has 0 bridgehead atoms. The molecule has 2 aromatic rings. The number of hydrogen-bond donors (Lipinski definition) is 1. The molecule has 1 N–H and O–H groups in total. The lowest BCUT2D eigenvalue weighted by molar-refractivity contribution is 0.175. The van der Waals surface area contributed by atoms with Crippen LogP contribution in [0.5, 0.6) is 0 Å². The van der Waals surface area contributed by atoms with Crippen LogP contribution >= 0.6 is 0 Å². The van der Waals surface area contributed by atoms with Crippen LogP contribution in [0, 0.1) is 6.92 Å². The largest absolute Gasteiger partial charge is 0.388 e. The Morgan fingerprint density at radius 1 is 1.33 bits per heavy atom. The number of nitrogens with zero attached hydrogens (tertiary/aromatic N) is 3. The first-order chi connectivity index (χ1) is 8.60. The predicted octanol–water partition coefficient (Wildman–Crippen LogP) is 1.96. The fourth-order valence-corrected chi connectivity index (χ4v) is 2.01. The number of pyridine rings is 1. The van der Waals surface area contributed by atoms with Gasteiger partial charge in [-0.1, -0.05) is 13.0 Å². The highest BCUT2D eigenvalue weighted by molar-refractivity contribution is 5.21. The van der Waals surface area contributed by atoms with Crippen molar-refractivity contribution in [3.63, 3.8) is 0 Å². The molecule has 0 fully saturated rings. The highest BCUT2D eigenvalue weighted by Gasteiger charge is 2.12. The summed E-state index contributed by atoms with van der Waals surface area (Å²) in [6, 6.07) is 4.02. The molecule has 0 aliphatic heterocycles. The van der Waals surface area contributed by atoms with Gasteiger partial charge in [0.25, 0.3) is 0 Å². The molecule has 2 aromatic heterocycles. The van der Waals surface area contributed by atoms with E-state index in [1.165, 1.54) is 0 Å². The molecule has 4 heteroatoms. The predicted molar refractivity (Wildman–Crippen MR) is 70.2 cm³/mol. The van der Waals surface area contributed by atoms with Crippen LogP contribution in [0.3, 0.4) is 0 Å². The summed E-state index contributed by atoms with van der Waals surface area (Å²) in [5, 5.41) is 14.6. The molecule has 0 radical (unpaired) electrons. The zero-order valence-electron chi connectivity index (χ0n) is 11.1. The second-order valence-corrected chi connectivity index (χ2v) is 4.62. The minimum atomic E-state index is -0.530. The third-order valence-electron chi connectivity index (χ3n) is 3.07. The van der Waals surface area contributed by atoms with E-state index in [0.717, 1.165) is 28.9 Å². The van der Waals surface area contributed by atoms with Gasteiger partial charge in [0.15, 0.2) is 0 Å². The maximum atomic E-state index is 10.2. The van der Waals surface area contributed by atoms with Gasteiger partial charge >= 0.3 is 0 Å². The topological polar surface area (TPSA) is 50.9 Å². The average Bonchev–Trinajstić information content (AvgIpc) is 2.70. The molecule has 1 unspecified atom stereocenters. The van der Waals surface area contributed by atoms with E-state index in [1.54, 1.807) is 12.4 Å². The number of aliphatic hydroxyl groups excluding tert-OH is 1. The lowest BCUT2D eigenvalue weighted by Crippen LogP contribution is -2.07. The van der Waals surface area contributed by atoms with Crippen LogP contribution in [0.15, 0.2) is 24.5 Å². The van der Waals surface area contributed by atoms with E-state index in [1.807, 2.05) is 30.8 Å². The number of aryl methyl sites for hydroxylation is 3. The first kappa shape index (κ1) is 12.8. The minimum Gasteiger partial charge on any atom is -0.388 e. The molecule has 0 amide bonds. The molecule has 2 heterocycles. The summed E-state index contributed by atoms with van der Waals surface area (Å²) in [5.74, 6) is 0. The van der Waals surface area contributed by atoms with Crippen molar-refractivity contribution in [2.45, 2.75) is 32.8 Å². The molecule has 4 nitrogen and oxygen atoms in total. The Balaban J connectivity index is 2.15. The summed E-state index contributed by atoms with van der Waals surface area (Å²) in [7, 11) is 1.91. The van der Waals surface area contributed by atoms with Crippen molar-refractivity contribution in [1.29, 1.82) is 0 Å². The van der Waals surface area contributed by atoms with E-state index < -0.39 is 6.10 Å². The van der Waals surface area contributed by atoms with Gasteiger partial charge < -0.3 is 5.11 Å². The molecule has 0 saturated heterocycles. The van der Waals surface area contributed by atoms with E-state index in [2.05, 4.69) is 17.0 Å². The molecule has 1 atom stereocenters. The van der Waals surface area contributed by atoms with Crippen molar-refractivity contribution < 1.29 is 5.11 Å². The molecular weight excluding hydrogens is 226 g/mol. The summed E-state index contributed by atoms with van der Waals surface area (Å²) in [4.78, 5) is 4.11. The third-order valence-corrected chi connectivity index (χ3v) is 3.07. The zero-order valence-corrected chi connectivity index (χ0v) is 11.1. The van der Waals surface area contributed by atoms with Crippen molar-refractivity contribution in [3.8, 4) is 0 Å². The second-order valence-electron chi connectivity index (χ2n) is 4.62. The van der Waals surface area contributed by atoms with Crippen molar-refractivity contribution in [2.24, 2.45) is 7.05 Å². The number of rotatable bonds is 4. The van der Waals surface area contributed by atoms with Gasteiger partial charge in [-0.3, -0.25) is 9.67 Å². The maximum absolute atomic E-state index is 10.2. The highest BCUT2D eigenvalue weighted by Crippen LogP contribution is 2.18. The Hall–Kier alpha value is -1.68. The van der Waals surface area contributed by atoms with Gasteiger partial charge in [-0.05, 0) is 30.5 Å². The Labute approximate surface area is 107 Å². The van der Waals surface area contributed by atoms with Crippen LogP contribution in [0.1, 0.15) is 35.5 Å². The number of hydrogen-bond acceptors (Lipinski definition) is 3. The van der Waals surface area contributed by atoms with Crippen LogP contribution in [-0.2, 0) is 19.9 Å². The van der Waals surface area contributed by atoms with E-state index in [-0.39, 0.29) is 0 Å². The van der Waals surface area contributed by atoms with Crippen molar-refractivity contribution >= 4 is 0 Å². The van der Waals surface area contributed by atoms with Crippen molar-refractivity contribution in [3.05, 3.63) is 47.0 Å². The monoisotopic (exact) mass is 245 g/mol. The average molecular weight is 245 g/mol. The fourth-order valence-electron chi connectivity index (χ4n) is 2.01. The minimum absolute atomic E-state index is 0.530. The lowest BCUT2D eigenvalue weighted by atomic mass is 10.1. The normalized spacial score (nSPS) is 12.7. The molecule has 96 valence electrons. The molecule has 0 aliphatic rings. The van der Waals surface area contributed by atoms with Crippen LogP contribution in [0.25, 0.3) is 0 Å². The summed E-state index contributed by atoms with van der Waals surface area (Å²) in [5.41, 5.74) is 4.02. The summed E-state index contributed by atoms with van der Waals surface area (Å²) < 4.78 is 1.84. The Kier molecular flexibility index (Phi) is 3.77. The molecule has 18 heavy (non-hydrogen) atoms. The molecule has 0 saturated carbocycles. The quantitative estimate of drug-likeness (QED) is 0.896. The highest BCUT2D eigenvalue weighted by atomic mass is 16.3. The van der Waals surface area contributed by atoms with Gasteiger partial charge in [0.2, 0.25) is 0 Å². The molecule has 0 spiro atoms. The van der Waals surface area contributed by atoms with E-state index in [9.17, 15) is 5.11 Å². The Bertz CT molecular complexity index is 534. The Morgan fingerprint density at radius 2 is 2.11 bits per heavy atom. The van der Waals surface area contributed by atoms with E-state index in [4.69, 9.17) is 0 Å². The van der Waals surface area contributed by atoms with Gasteiger partial charge in [-0.25, -0.2) is 0 Å². The van der Waals surface area contributed by atoms with Crippen LogP contribution in [-0.4, -0.2) is 19.9 Å². The van der Waals surface area contributed by atoms with Gasteiger partial charge in [0, 0.05) is 31.6 Å². The summed E-state index contributed by atoms with van der Waals surface area (Å²) in [6.07, 6.45) is 4.45. The SMILES string of the molecule is CCc1cc(CC(O)c2cncc(C)c2)n(C)n1. The van der Waals surface area contributed by atoms with Crippen LogP contribution < -0.4 is 0 Å². The third kappa shape index (κ3) is 2.76. The second kappa shape index (κ2) is 5.31. The summed E-state index contributed by atoms with van der Waals surface area (Å²) in [6.45, 7) is 4.05. The maximum Gasteiger partial charge on any atom is 0.0860 e. The van der Waals surface area contributed by atoms with Crippen molar-refractivity contribution in [1.82, 2.24) is 14.8 Å². The molecule has 2 rings (SSSR count). The number of aliphatic hydroxyl groups is 1. The first-order valence-electron chi connectivity index (χ1n) is 6.21. The van der Waals surface area contributed by atoms with Crippen molar-refractivity contribution in [2.75, 3.05) is 0 Å². The van der Waals surface area contributed by atoms with E-state index in [0.29, 0.717) is 6.42 Å². The molecule has 0 aromatic carbocycles. The molecule has 0 aliphatic carbocycles. The van der Waals surface area contributed by atoms with E-state index >= 15 is 0 Å².